The van der Waals surface area contributed by atoms with Gasteiger partial charge in [-0.05, 0) is 141 Å². The van der Waals surface area contributed by atoms with Crippen LogP contribution in [0.4, 0.5) is 0 Å². The molecule has 0 N–H and O–H groups in total. The number of carbonyl (C=O) groups excluding carboxylic acids is 3. The third kappa shape index (κ3) is 61.8. The van der Waals surface area contributed by atoms with Crippen molar-refractivity contribution in [1.29, 1.82) is 0 Å². The number of ether oxygens (including phenoxy) is 3. The minimum Gasteiger partial charge on any atom is -0.462 e. The molecular formula is C71H112O6. The van der Waals surface area contributed by atoms with Crippen molar-refractivity contribution in [3.8, 4) is 0 Å². The van der Waals surface area contributed by atoms with E-state index in [1.54, 1.807) is 0 Å². The Balaban J connectivity index is 4.43. The van der Waals surface area contributed by atoms with Crippen LogP contribution in [0.2, 0.25) is 0 Å². The van der Waals surface area contributed by atoms with Gasteiger partial charge in [0.05, 0.1) is 0 Å². The second-order valence-electron chi connectivity index (χ2n) is 19.8. The number of rotatable bonds is 54. The molecule has 0 rings (SSSR count). The predicted octanol–water partition coefficient (Wildman–Crippen LogP) is 21.3. The smallest absolute Gasteiger partial charge is 0.306 e. The van der Waals surface area contributed by atoms with Crippen molar-refractivity contribution in [3.05, 3.63) is 158 Å². The molecule has 0 aliphatic heterocycles. The van der Waals surface area contributed by atoms with Crippen molar-refractivity contribution in [2.75, 3.05) is 13.2 Å². The van der Waals surface area contributed by atoms with E-state index in [1.807, 2.05) is 0 Å². The van der Waals surface area contributed by atoms with Crippen LogP contribution in [-0.4, -0.2) is 37.2 Å². The molecule has 0 saturated carbocycles. The zero-order chi connectivity index (χ0) is 55.7. The maximum atomic E-state index is 12.9. The second kappa shape index (κ2) is 63.6. The summed E-state index contributed by atoms with van der Waals surface area (Å²) in [6.07, 6.45) is 92.4. The Morgan fingerprint density at radius 2 is 0.506 bits per heavy atom. The Morgan fingerprint density at radius 3 is 0.805 bits per heavy atom. The van der Waals surface area contributed by atoms with E-state index < -0.39 is 6.10 Å². The van der Waals surface area contributed by atoms with E-state index in [-0.39, 0.29) is 37.5 Å². The summed E-state index contributed by atoms with van der Waals surface area (Å²) in [5.41, 5.74) is 0. The summed E-state index contributed by atoms with van der Waals surface area (Å²) >= 11 is 0. The van der Waals surface area contributed by atoms with Crippen LogP contribution in [0.25, 0.3) is 0 Å². The Kier molecular flexibility index (Phi) is 59.5. The lowest BCUT2D eigenvalue weighted by atomic mass is 10.1. The number of unbranched alkanes of at least 4 members (excludes halogenated alkanes) is 17. The van der Waals surface area contributed by atoms with Crippen molar-refractivity contribution >= 4 is 17.9 Å². The van der Waals surface area contributed by atoms with E-state index in [1.165, 1.54) is 38.5 Å². The number of hydrogen-bond donors (Lipinski definition) is 0. The van der Waals surface area contributed by atoms with Gasteiger partial charge in [0.1, 0.15) is 13.2 Å². The highest BCUT2D eigenvalue weighted by Crippen LogP contribution is 2.13. The quantitative estimate of drug-likeness (QED) is 0.0261. The van der Waals surface area contributed by atoms with Crippen molar-refractivity contribution in [2.45, 2.75) is 258 Å². The highest BCUT2D eigenvalue weighted by Gasteiger charge is 2.19. The van der Waals surface area contributed by atoms with E-state index in [0.29, 0.717) is 12.8 Å². The van der Waals surface area contributed by atoms with Crippen LogP contribution in [0.5, 0.6) is 0 Å². The Morgan fingerprint density at radius 1 is 0.273 bits per heavy atom. The molecule has 0 saturated heterocycles. The first-order chi connectivity index (χ1) is 38.0. The van der Waals surface area contributed by atoms with Crippen LogP contribution in [0, 0.1) is 0 Å². The lowest BCUT2D eigenvalue weighted by Crippen LogP contribution is -2.30. The van der Waals surface area contributed by atoms with Crippen LogP contribution in [0.15, 0.2) is 158 Å². The van der Waals surface area contributed by atoms with E-state index in [9.17, 15) is 14.4 Å². The topological polar surface area (TPSA) is 78.9 Å². The van der Waals surface area contributed by atoms with Crippen LogP contribution in [0.1, 0.15) is 252 Å². The number of carbonyl (C=O) groups is 3. The van der Waals surface area contributed by atoms with E-state index in [0.717, 1.165) is 173 Å². The molecule has 1 unspecified atom stereocenters. The Labute approximate surface area is 473 Å². The lowest BCUT2D eigenvalue weighted by Gasteiger charge is -2.18. The maximum Gasteiger partial charge on any atom is 0.306 e. The number of allylic oxidation sites excluding steroid dienone is 26. The fourth-order valence-electron chi connectivity index (χ4n) is 7.90. The molecule has 432 valence electrons. The maximum absolute atomic E-state index is 12.9. The van der Waals surface area contributed by atoms with Gasteiger partial charge in [-0.3, -0.25) is 14.4 Å². The first kappa shape index (κ1) is 72.0. The zero-order valence-electron chi connectivity index (χ0n) is 49.4. The van der Waals surface area contributed by atoms with Crippen LogP contribution in [-0.2, 0) is 28.6 Å². The molecule has 1 atom stereocenters. The third-order valence-corrected chi connectivity index (χ3v) is 12.5. The van der Waals surface area contributed by atoms with Gasteiger partial charge >= 0.3 is 17.9 Å². The summed E-state index contributed by atoms with van der Waals surface area (Å²) in [4.78, 5) is 38.2. The minimum atomic E-state index is -0.810. The molecule has 0 aliphatic carbocycles. The van der Waals surface area contributed by atoms with E-state index >= 15 is 0 Å². The summed E-state index contributed by atoms with van der Waals surface area (Å²) in [6, 6.07) is 0. The lowest BCUT2D eigenvalue weighted by molar-refractivity contribution is -0.167. The monoisotopic (exact) mass is 1060 g/mol. The van der Waals surface area contributed by atoms with Gasteiger partial charge in [-0.25, -0.2) is 0 Å². The minimum absolute atomic E-state index is 0.104. The molecular weight excluding hydrogens is 949 g/mol. The van der Waals surface area contributed by atoms with Gasteiger partial charge in [-0.1, -0.05) is 249 Å². The van der Waals surface area contributed by atoms with Gasteiger partial charge in [-0.2, -0.15) is 0 Å². The highest BCUT2D eigenvalue weighted by molar-refractivity contribution is 5.71. The Bertz CT molecular complexity index is 1740. The molecule has 0 aliphatic rings. The highest BCUT2D eigenvalue weighted by atomic mass is 16.6. The molecule has 0 fully saturated rings. The fourth-order valence-corrected chi connectivity index (χ4v) is 7.90. The fraction of sp³-hybridized carbons (Fsp3) is 0.592. The molecule has 6 heteroatoms. The van der Waals surface area contributed by atoms with Crippen molar-refractivity contribution in [1.82, 2.24) is 0 Å². The predicted molar refractivity (Wildman–Crippen MR) is 334 cm³/mol. The average molecular weight is 1060 g/mol. The van der Waals surface area contributed by atoms with Gasteiger partial charge in [0.25, 0.3) is 0 Å². The van der Waals surface area contributed by atoms with E-state index in [2.05, 4.69) is 179 Å². The summed E-state index contributed by atoms with van der Waals surface area (Å²) in [6.45, 7) is 6.32. The van der Waals surface area contributed by atoms with Crippen molar-refractivity contribution in [2.24, 2.45) is 0 Å². The van der Waals surface area contributed by atoms with Crippen molar-refractivity contribution < 1.29 is 28.6 Å². The van der Waals surface area contributed by atoms with Gasteiger partial charge in [-0.15, -0.1) is 0 Å². The van der Waals surface area contributed by atoms with Crippen LogP contribution in [0.3, 0.4) is 0 Å². The average Bonchev–Trinajstić information content (AvgIpc) is 3.43. The normalized spacial score (nSPS) is 13.2. The van der Waals surface area contributed by atoms with Gasteiger partial charge in [0, 0.05) is 19.3 Å². The first-order valence-corrected chi connectivity index (χ1v) is 31.0. The van der Waals surface area contributed by atoms with Gasteiger partial charge in [0.2, 0.25) is 0 Å². The first-order valence-electron chi connectivity index (χ1n) is 31.0. The zero-order valence-corrected chi connectivity index (χ0v) is 49.4. The molecule has 77 heavy (non-hydrogen) atoms. The molecule has 0 spiro atoms. The summed E-state index contributed by atoms with van der Waals surface area (Å²) in [5, 5.41) is 0. The largest absolute Gasteiger partial charge is 0.462 e. The summed E-state index contributed by atoms with van der Waals surface area (Å²) in [7, 11) is 0. The molecule has 0 aromatic heterocycles. The molecule has 0 aromatic carbocycles. The van der Waals surface area contributed by atoms with Crippen LogP contribution < -0.4 is 0 Å². The van der Waals surface area contributed by atoms with E-state index in [4.69, 9.17) is 14.2 Å². The molecule has 0 bridgehead atoms. The Hall–Kier alpha value is -4.97. The SMILES string of the molecule is CC/C=C\C/C=C\C/C=C\C/C=C\C/C=C\C/C=C\CCCCCCCCC(=O)OCC(COC(=O)CCCCCCC/C=C\CCCC)OC(=O)CCCCCC/C=C\C/C=C\C/C=C\C/C=C\C/C=C\C/C=C\CC. The number of hydrogen-bond acceptors (Lipinski definition) is 6. The summed E-state index contributed by atoms with van der Waals surface area (Å²) < 4.78 is 16.8. The standard InChI is InChI=1S/C71H112O6/c1-4-7-10-13-16-19-22-24-26-28-30-32-34-35-37-38-40-42-44-46-49-52-55-58-61-64-70(73)76-67-68(66-75-69(72)63-60-57-54-51-48-21-18-15-12-9-6-3)77-71(74)65-62-59-56-53-50-47-45-43-41-39-36-33-31-29-27-25-23-20-17-14-11-8-5-2/h7-8,10-11,15-20,24-27,30-33,35,37,39-42,45,47,68H,4-6,9,12-14,21-23,28-29,34,36,38,43-44,46,48-67H2,1-3H3/b10-7-,11-8-,18-15-,19-16-,20-17-,26-24-,27-25-,32-30-,33-31-,37-35-,41-39-,42-40-,47-45-. The van der Waals surface area contributed by atoms with Crippen molar-refractivity contribution in [3.63, 3.8) is 0 Å². The molecule has 0 aromatic rings. The third-order valence-electron chi connectivity index (χ3n) is 12.5. The number of esters is 3. The van der Waals surface area contributed by atoms with Gasteiger partial charge in [0.15, 0.2) is 6.10 Å². The molecule has 0 heterocycles. The molecule has 6 nitrogen and oxygen atoms in total. The molecule has 0 amide bonds. The van der Waals surface area contributed by atoms with Gasteiger partial charge < -0.3 is 14.2 Å². The second-order valence-corrected chi connectivity index (χ2v) is 19.8. The molecule has 0 radical (unpaired) electrons. The summed E-state index contributed by atoms with van der Waals surface area (Å²) in [5.74, 6) is -0.959. The van der Waals surface area contributed by atoms with Crippen LogP contribution >= 0.6 is 0 Å².